The summed E-state index contributed by atoms with van der Waals surface area (Å²) in [5.74, 6) is -0.235. The summed E-state index contributed by atoms with van der Waals surface area (Å²) in [6, 6.07) is 17.1. The largest absolute Gasteiger partial charge is 0.352 e. The quantitative estimate of drug-likeness (QED) is 0.708. The Bertz CT molecular complexity index is 841. The van der Waals surface area contributed by atoms with E-state index in [1.165, 1.54) is 17.7 Å². The summed E-state index contributed by atoms with van der Waals surface area (Å²) in [6.07, 6.45) is 3.84. The Kier molecular flexibility index (Phi) is 3.82. The minimum absolute atomic E-state index is 0.109. The molecule has 3 aromatic rings. The SMILES string of the molecule is Cc1ccc(N2CCOC2c2ccn(-c3cccc(F)c3)c2)cc1. The van der Waals surface area contributed by atoms with Gasteiger partial charge in [-0.05, 0) is 43.3 Å². The number of anilines is 1. The molecule has 4 rings (SSSR count). The Morgan fingerprint density at radius 3 is 2.67 bits per heavy atom. The first-order valence-electron chi connectivity index (χ1n) is 8.09. The van der Waals surface area contributed by atoms with Gasteiger partial charge in [-0.25, -0.2) is 4.39 Å². The predicted molar refractivity (Wildman–Crippen MR) is 92.9 cm³/mol. The fourth-order valence-corrected chi connectivity index (χ4v) is 3.10. The average molecular weight is 322 g/mol. The zero-order valence-electron chi connectivity index (χ0n) is 13.5. The molecule has 2 aromatic carbocycles. The Balaban J connectivity index is 1.62. The van der Waals surface area contributed by atoms with Gasteiger partial charge >= 0.3 is 0 Å². The molecule has 0 aliphatic carbocycles. The number of aryl methyl sites for hydroxylation is 1. The normalized spacial score (nSPS) is 17.4. The summed E-state index contributed by atoms with van der Waals surface area (Å²) < 4.78 is 21.3. The highest BCUT2D eigenvalue weighted by molar-refractivity contribution is 5.50. The lowest BCUT2D eigenvalue weighted by atomic mass is 10.2. The monoisotopic (exact) mass is 322 g/mol. The van der Waals surface area contributed by atoms with E-state index in [9.17, 15) is 4.39 Å². The molecule has 0 radical (unpaired) electrons. The van der Waals surface area contributed by atoms with Crippen molar-refractivity contribution >= 4 is 5.69 Å². The minimum atomic E-state index is -0.235. The van der Waals surface area contributed by atoms with Crippen molar-refractivity contribution in [1.29, 1.82) is 0 Å². The van der Waals surface area contributed by atoms with Crippen molar-refractivity contribution in [3.8, 4) is 5.69 Å². The van der Waals surface area contributed by atoms with Gasteiger partial charge in [-0.1, -0.05) is 23.8 Å². The van der Waals surface area contributed by atoms with Crippen LogP contribution in [0.2, 0.25) is 0 Å². The van der Waals surface area contributed by atoms with E-state index in [0.717, 1.165) is 23.5 Å². The smallest absolute Gasteiger partial charge is 0.158 e. The molecule has 122 valence electrons. The van der Waals surface area contributed by atoms with E-state index in [1.807, 2.05) is 29.1 Å². The van der Waals surface area contributed by atoms with Crippen LogP contribution in [0.25, 0.3) is 5.69 Å². The lowest BCUT2D eigenvalue weighted by Gasteiger charge is -2.24. The van der Waals surface area contributed by atoms with Gasteiger partial charge in [0.25, 0.3) is 0 Å². The number of aromatic nitrogens is 1. The molecule has 0 bridgehead atoms. The number of hydrogen-bond donors (Lipinski definition) is 0. The van der Waals surface area contributed by atoms with Crippen molar-refractivity contribution in [2.75, 3.05) is 18.1 Å². The number of rotatable bonds is 3. The topological polar surface area (TPSA) is 17.4 Å². The third-order valence-corrected chi connectivity index (χ3v) is 4.36. The molecule has 0 spiro atoms. The highest BCUT2D eigenvalue weighted by Crippen LogP contribution is 2.32. The number of ether oxygens (including phenoxy) is 1. The van der Waals surface area contributed by atoms with Crippen molar-refractivity contribution in [1.82, 2.24) is 4.57 Å². The first-order chi connectivity index (χ1) is 11.7. The number of nitrogens with zero attached hydrogens (tertiary/aromatic N) is 2. The Morgan fingerprint density at radius 1 is 1.04 bits per heavy atom. The molecule has 0 saturated carbocycles. The van der Waals surface area contributed by atoms with Crippen molar-refractivity contribution in [2.45, 2.75) is 13.2 Å². The molecule has 0 amide bonds. The van der Waals surface area contributed by atoms with E-state index in [1.54, 1.807) is 6.07 Å². The van der Waals surface area contributed by atoms with Gasteiger partial charge in [0.2, 0.25) is 0 Å². The van der Waals surface area contributed by atoms with Gasteiger partial charge in [0.05, 0.1) is 6.61 Å². The van der Waals surface area contributed by atoms with Crippen LogP contribution < -0.4 is 4.90 Å². The van der Waals surface area contributed by atoms with Gasteiger partial charge in [-0.2, -0.15) is 0 Å². The molecule has 1 aromatic heterocycles. The van der Waals surface area contributed by atoms with Gasteiger partial charge in [0, 0.05) is 35.9 Å². The highest BCUT2D eigenvalue weighted by atomic mass is 19.1. The van der Waals surface area contributed by atoms with Crippen LogP contribution in [0.5, 0.6) is 0 Å². The van der Waals surface area contributed by atoms with Gasteiger partial charge < -0.3 is 14.2 Å². The molecule has 24 heavy (non-hydrogen) atoms. The maximum absolute atomic E-state index is 13.4. The summed E-state index contributed by atoms with van der Waals surface area (Å²) in [4.78, 5) is 2.25. The maximum Gasteiger partial charge on any atom is 0.158 e. The second-order valence-corrected chi connectivity index (χ2v) is 6.08. The van der Waals surface area contributed by atoms with E-state index in [4.69, 9.17) is 4.74 Å². The third kappa shape index (κ3) is 2.81. The summed E-state index contributed by atoms with van der Waals surface area (Å²) in [5.41, 5.74) is 4.27. The molecule has 1 aliphatic heterocycles. The Hall–Kier alpha value is -2.59. The number of benzene rings is 2. The first kappa shape index (κ1) is 15.0. The molecule has 1 unspecified atom stereocenters. The predicted octanol–water partition coefficient (Wildman–Crippen LogP) is 4.46. The fraction of sp³-hybridized carbons (Fsp3) is 0.200. The van der Waals surface area contributed by atoms with Crippen LogP contribution >= 0.6 is 0 Å². The summed E-state index contributed by atoms with van der Waals surface area (Å²) >= 11 is 0. The molecule has 1 saturated heterocycles. The van der Waals surface area contributed by atoms with Crippen LogP contribution in [0, 0.1) is 12.7 Å². The first-order valence-corrected chi connectivity index (χ1v) is 8.09. The van der Waals surface area contributed by atoms with Crippen LogP contribution in [0.1, 0.15) is 17.4 Å². The summed E-state index contributed by atoms with van der Waals surface area (Å²) in [7, 11) is 0. The standard InChI is InChI=1S/C20H19FN2O/c1-15-5-7-18(8-6-15)23-11-12-24-20(23)16-9-10-22(14-16)19-4-2-3-17(21)13-19/h2-10,13-14,20H,11-12H2,1H3. The Labute approximate surface area is 140 Å². The second-order valence-electron chi connectivity index (χ2n) is 6.08. The van der Waals surface area contributed by atoms with E-state index >= 15 is 0 Å². The lowest BCUT2D eigenvalue weighted by Crippen LogP contribution is -2.22. The van der Waals surface area contributed by atoms with Crippen molar-refractivity contribution in [3.63, 3.8) is 0 Å². The second kappa shape index (κ2) is 6.13. The molecule has 1 fully saturated rings. The van der Waals surface area contributed by atoms with E-state index in [-0.39, 0.29) is 12.0 Å². The van der Waals surface area contributed by atoms with Gasteiger partial charge in [-0.3, -0.25) is 0 Å². The van der Waals surface area contributed by atoms with E-state index < -0.39 is 0 Å². The number of halogens is 1. The fourth-order valence-electron chi connectivity index (χ4n) is 3.10. The minimum Gasteiger partial charge on any atom is -0.352 e. The molecule has 1 atom stereocenters. The van der Waals surface area contributed by atoms with Gasteiger partial charge in [-0.15, -0.1) is 0 Å². The van der Waals surface area contributed by atoms with Crippen LogP contribution in [-0.2, 0) is 4.74 Å². The van der Waals surface area contributed by atoms with Crippen LogP contribution in [0.15, 0.2) is 67.0 Å². The van der Waals surface area contributed by atoms with Crippen molar-refractivity contribution in [2.24, 2.45) is 0 Å². The van der Waals surface area contributed by atoms with Crippen LogP contribution in [0.4, 0.5) is 10.1 Å². The average Bonchev–Trinajstić information content (AvgIpc) is 3.24. The molecule has 3 nitrogen and oxygen atoms in total. The van der Waals surface area contributed by atoms with E-state index in [2.05, 4.69) is 36.1 Å². The van der Waals surface area contributed by atoms with Gasteiger partial charge in [0.1, 0.15) is 5.82 Å². The zero-order valence-corrected chi connectivity index (χ0v) is 13.5. The van der Waals surface area contributed by atoms with Crippen LogP contribution in [0.3, 0.4) is 0 Å². The highest BCUT2D eigenvalue weighted by Gasteiger charge is 2.27. The maximum atomic E-state index is 13.4. The lowest BCUT2D eigenvalue weighted by molar-refractivity contribution is 0.114. The van der Waals surface area contributed by atoms with Crippen LogP contribution in [-0.4, -0.2) is 17.7 Å². The summed E-state index contributed by atoms with van der Waals surface area (Å²) in [6.45, 7) is 3.64. The van der Waals surface area contributed by atoms with E-state index in [0.29, 0.717) is 6.61 Å². The molecule has 1 aliphatic rings. The molecule has 0 N–H and O–H groups in total. The van der Waals surface area contributed by atoms with Crippen molar-refractivity contribution < 1.29 is 9.13 Å². The third-order valence-electron chi connectivity index (χ3n) is 4.36. The molecule has 4 heteroatoms. The molecular weight excluding hydrogens is 303 g/mol. The number of hydrogen-bond acceptors (Lipinski definition) is 2. The van der Waals surface area contributed by atoms with Gasteiger partial charge in [0.15, 0.2) is 6.23 Å². The molecular formula is C20H19FN2O. The van der Waals surface area contributed by atoms with Crippen molar-refractivity contribution in [3.05, 3.63) is 83.9 Å². The molecule has 2 heterocycles. The Morgan fingerprint density at radius 2 is 1.88 bits per heavy atom. The summed E-state index contributed by atoms with van der Waals surface area (Å²) in [5, 5.41) is 0. The zero-order chi connectivity index (χ0) is 16.5.